The lowest BCUT2D eigenvalue weighted by atomic mass is 9.94. The highest BCUT2D eigenvalue weighted by Gasteiger charge is 2.35. The predicted octanol–water partition coefficient (Wildman–Crippen LogP) is 3.89. The van der Waals surface area contributed by atoms with Crippen LogP contribution < -0.4 is 9.74 Å². The normalized spacial score (nSPS) is 19.1. The van der Waals surface area contributed by atoms with Crippen LogP contribution in [0.1, 0.15) is 43.6 Å². The molecule has 3 heterocycles. The Morgan fingerprint density at radius 3 is 2.54 bits per heavy atom. The number of amides is 1. The van der Waals surface area contributed by atoms with Crippen molar-refractivity contribution in [2.45, 2.75) is 56.7 Å². The average molecular weight is 524 g/mol. The lowest BCUT2D eigenvalue weighted by Crippen LogP contribution is -2.46. The van der Waals surface area contributed by atoms with E-state index in [0.717, 1.165) is 23.0 Å². The number of rotatable bonds is 4. The van der Waals surface area contributed by atoms with Crippen molar-refractivity contribution in [3.05, 3.63) is 57.3 Å². The van der Waals surface area contributed by atoms with Crippen molar-refractivity contribution in [1.82, 2.24) is 14.3 Å². The Bertz CT molecular complexity index is 1410. The molecular formula is C23H26FN3O6S2. The fourth-order valence-electron chi connectivity index (χ4n) is 3.70. The quantitative estimate of drug-likeness (QED) is 0.478. The number of aromatic nitrogens is 2. The molecule has 1 fully saturated rings. The van der Waals surface area contributed by atoms with Gasteiger partial charge in [0.25, 0.3) is 5.56 Å². The van der Waals surface area contributed by atoms with E-state index < -0.39 is 39.5 Å². The van der Waals surface area contributed by atoms with Crippen LogP contribution in [0, 0.1) is 6.92 Å². The molecule has 2 atom stereocenters. The zero-order chi connectivity index (χ0) is 25.5. The molecule has 35 heavy (non-hydrogen) atoms. The van der Waals surface area contributed by atoms with E-state index in [1.807, 2.05) is 6.92 Å². The smallest absolute Gasteiger partial charge is 0.410 e. The highest BCUT2D eigenvalue weighted by molar-refractivity contribution is 7.87. The molecule has 1 amide bonds. The third-order valence-corrected chi connectivity index (χ3v) is 7.78. The number of carbonyl (C=O) groups is 1. The van der Waals surface area contributed by atoms with E-state index in [-0.39, 0.29) is 22.3 Å². The van der Waals surface area contributed by atoms with Crippen LogP contribution in [0.25, 0.3) is 4.96 Å². The SMILES string of the molecule is Cc1ccc(S(=O)(=O)Oc2cc(=O)n3cc([C@H]4CCN(C(=O)OC(C)(C)C)C[C@@H]4F)sc3n2)cc1. The Hall–Kier alpha value is -2.99. The maximum absolute atomic E-state index is 15.1. The predicted molar refractivity (Wildman–Crippen MR) is 128 cm³/mol. The second kappa shape index (κ2) is 9.23. The summed E-state index contributed by atoms with van der Waals surface area (Å²) in [7, 11) is -4.18. The molecule has 9 nitrogen and oxygen atoms in total. The highest BCUT2D eigenvalue weighted by atomic mass is 32.2. The first kappa shape index (κ1) is 25.1. The molecule has 0 spiro atoms. The third-order valence-electron chi connectivity index (χ3n) is 5.43. The number of likely N-dealkylation sites (tertiary alicyclic amines) is 1. The van der Waals surface area contributed by atoms with E-state index in [2.05, 4.69) is 4.98 Å². The van der Waals surface area contributed by atoms with Gasteiger partial charge in [0.1, 0.15) is 16.7 Å². The fraction of sp³-hybridized carbons (Fsp3) is 0.435. The summed E-state index contributed by atoms with van der Waals surface area (Å²) >= 11 is 1.08. The molecule has 1 aliphatic heterocycles. The van der Waals surface area contributed by atoms with Crippen molar-refractivity contribution in [3.63, 3.8) is 0 Å². The standard InChI is InChI=1S/C23H26FN3O6S2/c1-14-5-7-15(8-6-14)35(30,31)33-19-11-20(28)27-13-18(34-21(27)25-19)16-9-10-26(12-17(16)24)22(29)32-23(2,3)4/h5-8,11,13,16-17H,9-10,12H2,1-4H3/t16-,17-/m0/s1. The Morgan fingerprint density at radius 1 is 1.23 bits per heavy atom. The molecule has 0 N–H and O–H groups in total. The van der Waals surface area contributed by atoms with Gasteiger partial charge in [0.15, 0.2) is 4.96 Å². The van der Waals surface area contributed by atoms with Crippen LogP contribution >= 0.6 is 11.3 Å². The molecule has 0 bridgehead atoms. The summed E-state index contributed by atoms with van der Waals surface area (Å²) in [6.07, 6.45) is -0.0803. The number of carbonyl (C=O) groups excluding carboxylic acids is 1. The molecule has 0 unspecified atom stereocenters. The number of thiazole rings is 1. The van der Waals surface area contributed by atoms with Gasteiger partial charge in [-0.2, -0.15) is 13.4 Å². The molecule has 0 aliphatic carbocycles. The summed E-state index contributed by atoms with van der Waals surface area (Å²) in [5.74, 6) is -0.902. The van der Waals surface area contributed by atoms with Crippen LogP contribution in [-0.2, 0) is 14.9 Å². The van der Waals surface area contributed by atoms with Crippen molar-refractivity contribution in [2.75, 3.05) is 13.1 Å². The lowest BCUT2D eigenvalue weighted by molar-refractivity contribution is 0.0113. The van der Waals surface area contributed by atoms with Gasteiger partial charge in [-0.25, -0.2) is 9.18 Å². The first-order valence-electron chi connectivity index (χ1n) is 11.0. The van der Waals surface area contributed by atoms with Gasteiger partial charge in [-0.05, 0) is 46.2 Å². The summed E-state index contributed by atoms with van der Waals surface area (Å²) < 4.78 is 51.9. The van der Waals surface area contributed by atoms with Gasteiger partial charge in [-0.3, -0.25) is 9.20 Å². The molecule has 3 aromatic rings. The number of benzene rings is 1. The van der Waals surface area contributed by atoms with Crippen molar-refractivity contribution >= 4 is 32.5 Å². The number of aryl methyl sites for hydroxylation is 1. The molecule has 0 radical (unpaired) electrons. The van der Waals surface area contributed by atoms with Crippen LogP contribution in [0.15, 0.2) is 46.2 Å². The molecule has 2 aromatic heterocycles. The summed E-state index contributed by atoms with van der Waals surface area (Å²) in [6.45, 7) is 7.24. The third kappa shape index (κ3) is 5.64. The van der Waals surface area contributed by atoms with E-state index in [9.17, 15) is 18.0 Å². The summed E-state index contributed by atoms with van der Waals surface area (Å²) in [6, 6.07) is 7.06. The Morgan fingerprint density at radius 2 is 1.91 bits per heavy atom. The van der Waals surface area contributed by atoms with E-state index in [1.54, 1.807) is 32.9 Å². The fourth-order valence-corrected chi connectivity index (χ4v) is 5.74. The van der Waals surface area contributed by atoms with Gasteiger partial charge in [0.2, 0.25) is 5.88 Å². The number of hydrogen-bond donors (Lipinski definition) is 0. The topological polar surface area (TPSA) is 107 Å². The van der Waals surface area contributed by atoms with Crippen molar-refractivity contribution in [3.8, 4) is 5.88 Å². The van der Waals surface area contributed by atoms with Crippen LogP contribution in [0.3, 0.4) is 0 Å². The molecule has 0 saturated carbocycles. The number of fused-ring (bicyclic) bond motifs is 1. The van der Waals surface area contributed by atoms with Gasteiger partial charge >= 0.3 is 16.2 Å². The first-order chi connectivity index (χ1) is 16.3. The van der Waals surface area contributed by atoms with Crippen molar-refractivity contribution in [2.24, 2.45) is 0 Å². The second-order valence-electron chi connectivity index (χ2n) is 9.41. The summed E-state index contributed by atoms with van der Waals surface area (Å²) in [5, 5.41) is 0. The van der Waals surface area contributed by atoms with E-state index in [4.69, 9.17) is 8.92 Å². The summed E-state index contributed by atoms with van der Waals surface area (Å²) in [4.78, 5) is 31.1. The van der Waals surface area contributed by atoms with Gasteiger partial charge in [0, 0.05) is 23.5 Å². The number of ether oxygens (including phenoxy) is 1. The summed E-state index contributed by atoms with van der Waals surface area (Å²) in [5.41, 5.74) is -0.339. The van der Waals surface area contributed by atoms with E-state index in [1.165, 1.54) is 27.6 Å². The number of piperidine rings is 1. The van der Waals surface area contributed by atoms with Gasteiger partial charge in [0.05, 0.1) is 12.6 Å². The minimum atomic E-state index is -4.18. The average Bonchev–Trinajstić information content (AvgIpc) is 3.17. The minimum Gasteiger partial charge on any atom is -0.444 e. The number of hydrogen-bond acceptors (Lipinski definition) is 8. The van der Waals surface area contributed by atoms with E-state index >= 15 is 4.39 Å². The largest absolute Gasteiger partial charge is 0.444 e. The van der Waals surface area contributed by atoms with Gasteiger partial charge < -0.3 is 13.8 Å². The van der Waals surface area contributed by atoms with Crippen LogP contribution in [-0.4, -0.2) is 53.7 Å². The van der Waals surface area contributed by atoms with Crippen LogP contribution in [0.4, 0.5) is 9.18 Å². The molecule has 12 heteroatoms. The maximum atomic E-state index is 15.1. The minimum absolute atomic E-state index is 0.0611. The van der Waals surface area contributed by atoms with Crippen LogP contribution in [0.5, 0.6) is 5.88 Å². The van der Waals surface area contributed by atoms with Crippen molar-refractivity contribution in [1.29, 1.82) is 0 Å². The Labute approximate surface area is 206 Å². The second-order valence-corrected chi connectivity index (χ2v) is 12.0. The lowest BCUT2D eigenvalue weighted by Gasteiger charge is -2.35. The molecule has 188 valence electrons. The molecule has 4 rings (SSSR count). The number of nitrogens with zero attached hydrogens (tertiary/aromatic N) is 3. The van der Waals surface area contributed by atoms with Crippen LogP contribution in [0.2, 0.25) is 0 Å². The molecule has 1 aliphatic rings. The van der Waals surface area contributed by atoms with Crippen molar-refractivity contribution < 1.29 is 26.5 Å². The van der Waals surface area contributed by atoms with Gasteiger partial charge in [-0.15, -0.1) is 11.3 Å². The molecular weight excluding hydrogens is 497 g/mol. The maximum Gasteiger partial charge on any atom is 0.410 e. The Balaban J connectivity index is 1.53. The zero-order valence-electron chi connectivity index (χ0n) is 19.7. The molecule has 1 aromatic carbocycles. The highest BCUT2D eigenvalue weighted by Crippen LogP contribution is 2.35. The Kier molecular flexibility index (Phi) is 6.62. The van der Waals surface area contributed by atoms with Gasteiger partial charge in [-0.1, -0.05) is 17.7 Å². The molecule has 1 saturated heterocycles. The zero-order valence-corrected chi connectivity index (χ0v) is 21.4. The number of alkyl halides is 1. The number of halogens is 1. The van der Waals surface area contributed by atoms with E-state index in [0.29, 0.717) is 17.8 Å². The first-order valence-corrected chi connectivity index (χ1v) is 13.2. The monoisotopic (exact) mass is 523 g/mol.